The van der Waals surface area contributed by atoms with Crippen LogP contribution in [0.1, 0.15) is 47.1 Å². The van der Waals surface area contributed by atoms with Crippen molar-refractivity contribution in [1.29, 1.82) is 0 Å². The second kappa shape index (κ2) is 8.45. The summed E-state index contributed by atoms with van der Waals surface area (Å²) in [5.41, 5.74) is 1.72. The van der Waals surface area contributed by atoms with Crippen LogP contribution >= 0.6 is 0 Å². The molecular weight excluding hydrogens is 394 g/mol. The number of carbonyl (C=O) groups excluding carboxylic acids is 2. The molecule has 2 aromatic rings. The molecule has 2 amide bonds. The molecule has 160 valence electrons. The monoisotopic (exact) mass is 425 g/mol. The van der Waals surface area contributed by atoms with E-state index in [1.165, 1.54) is 4.90 Å². The molecule has 0 bridgehead atoms. The van der Waals surface area contributed by atoms with E-state index in [-0.39, 0.29) is 23.5 Å². The number of imide groups is 1. The zero-order valence-electron chi connectivity index (χ0n) is 18.4. The fourth-order valence-electron chi connectivity index (χ4n) is 3.39. The van der Waals surface area contributed by atoms with Gasteiger partial charge in [0.15, 0.2) is 8.32 Å². The molecule has 0 unspecified atom stereocenters. The lowest BCUT2D eigenvalue weighted by Gasteiger charge is -2.38. The van der Waals surface area contributed by atoms with Crippen molar-refractivity contribution in [3.63, 3.8) is 0 Å². The predicted molar refractivity (Wildman–Crippen MR) is 120 cm³/mol. The number of benzene rings is 2. The van der Waals surface area contributed by atoms with E-state index in [1.807, 2.05) is 30.3 Å². The van der Waals surface area contributed by atoms with Gasteiger partial charge in [-0.05, 0) is 42.2 Å². The molecular formula is C24H31NO4Si. The Morgan fingerprint density at radius 1 is 0.933 bits per heavy atom. The second-order valence-electron chi connectivity index (χ2n) is 9.42. The molecule has 1 heterocycles. The van der Waals surface area contributed by atoms with Crippen LogP contribution in [-0.2, 0) is 10.8 Å². The van der Waals surface area contributed by atoms with E-state index in [9.17, 15) is 14.7 Å². The van der Waals surface area contributed by atoms with E-state index in [4.69, 9.17) is 4.43 Å². The number of nitrogens with zero attached hydrogens (tertiary/aromatic N) is 1. The Labute approximate surface area is 179 Å². The lowest BCUT2D eigenvalue weighted by Crippen LogP contribution is -2.52. The average Bonchev–Trinajstić information content (AvgIpc) is 2.95. The van der Waals surface area contributed by atoms with Gasteiger partial charge in [0.2, 0.25) is 0 Å². The summed E-state index contributed by atoms with van der Waals surface area (Å²) in [6.07, 6.45) is -0.615. The van der Waals surface area contributed by atoms with Gasteiger partial charge < -0.3 is 9.53 Å². The minimum absolute atomic E-state index is 0.00281. The normalized spacial score (nSPS) is 16.5. The molecule has 2 aromatic carbocycles. The quantitative estimate of drug-likeness (QED) is 0.531. The summed E-state index contributed by atoms with van der Waals surface area (Å²) in [7, 11) is -2.09. The van der Waals surface area contributed by atoms with Crippen LogP contribution in [0.2, 0.25) is 18.1 Å². The van der Waals surface area contributed by atoms with Gasteiger partial charge in [-0.3, -0.25) is 14.5 Å². The highest BCUT2D eigenvalue weighted by atomic mass is 28.4. The van der Waals surface area contributed by atoms with Gasteiger partial charge in [-0.15, -0.1) is 0 Å². The zero-order valence-corrected chi connectivity index (χ0v) is 19.4. The number of fused-ring (bicyclic) bond motifs is 1. The first kappa shape index (κ1) is 22.4. The highest BCUT2D eigenvalue weighted by Gasteiger charge is 2.44. The van der Waals surface area contributed by atoms with Crippen molar-refractivity contribution in [1.82, 2.24) is 4.90 Å². The average molecular weight is 426 g/mol. The summed E-state index contributed by atoms with van der Waals surface area (Å²) in [6.45, 7) is 10.7. The first-order chi connectivity index (χ1) is 14.0. The van der Waals surface area contributed by atoms with Gasteiger partial charge >= 0.3 is 0 Å². The maximum Gasteiger partial charge on any atom is 0.261 e. The third-order valence-corrected chi connectivity index (χ3v) is 10.8. The number of aliphatic hydroxyl groups is 1. The molecule has 30 heavy (non-hydrogen) atoms. The van der Waals surface area contributed by atoms with Crippen LogP contribution in [0.25, 0.3) is 0 Å². The number of aliphatic hydroxyl groups excluding tert-OH is 1. The van der Waals surface area contributed by atoms with Crippen LogP contribution in [0.5, 0.6) is 0 Å². The molecule has 1 N–H and O–H groups in total. The Morgan fingerprint density at radius 3 is 1.93 bits per heavy atom. The van der Waals surface area contributed by atoms with E-state index in [0.717, 1.165) is 5.56 Å². The fourth-order valence-corrected chi connectivity index (χ4v) is 4.41. The lowest BCUT2D eigenvalue weighted by atomic mass is 10.00. The van der Waals surface area contributed by atoms with E-state index < -0.39 is 20.5 Å². The molecule has 0 saturated heterocycles. The number of carbonyl (C=O) groups is 2. The highest BCUT2D eigenvalue weighted by molar-refractivity contribution is 6.74. The van der Waals surface area contributed by atoms with Crippen molar-refractivity contribution in [2.24, 2.45) is 0 Å². The van der Waals surface area contributed by atoms with Crippen molar-refractivity contribution in [3.05, 3.63) is 71.3 Å². The summed E-state index contributed by atoms with van der Waals surface area (Å²) in [5.74, 6) is -0.717. The van der Waals surface area contributed by atoms with Gasteiger partial charge in [0.1, 0.15) is 0 Å². The standard InChI is InChI=1S/C24H31NO4Si/c1-24(2,3)30(4,5)29-16-21(26)20(15-17-11-7-6-8-12-17)25-22(27)18-13-9-10-14-19(18)23(25)28/h6-14,20-21,26H,15-16H2,1-5H3/t20-,21+/m0/s1. The molecule has 3 rings (SSSR count). The van der Waals surface area contributed by atoms with Crippen molar-refractivity contribution in [2.45, 2.75) is 57.5 Å². The summed E-state index contributed by atoms with van der Waals surface area (Å²) in [6, 6.07) is 15.7. The van der Waals surface area contributed by atoms with Crippen molar-refractivity contribution in [3.8, 4) is 0 Å². The van der Waals surface area contributed by atoms with Gasteiger partial charge in [-0.25, -0.2) is 0 Å². The van der Waals surface area contributed by atoms with Gasteiger partial charge in [0, 0.05) is 0 Å². The maximum absolute atomic E-state index is 13.1. The third-order valence-electron chi connectivity index (χ3n) is 6.31. The van der Waals surface area contributed by atoms with E-state index in [2.05, 4.69) is 33.9 Å². The molecule has 5 nitrogen and oxygen atoms in total. The Morgan fingerprint density at radius 2 is 1.43 bits per heavy atom. The molecule has 0 aliphatic carbocycles. The Bertz CT molecular complexity index is 885. The Hall–Kier alpha value is -2.28. The van der Waals surface area contributed by atoms with Gasteiger partial charge in [-0.2, -0.15) is 0 Å². The van der Waals surface area contributed by atoms with Crippen LogP contribution in [0, 0.1) is 0 Å². The highest BCUT2D eigenvalue weighted by Crippen LogP contribution is 2.37. The van der Waals surface area contributed by atoms with Crippen LogP contribution in [0.4, 0.5) is 0 Å². The van der Waals surface area contributed by atoms with Crippen molar-refractivity contribution >= 4 is 20.1 Å². The van der Waals surface area contributed by atoms with E-state index >= 15 is 0 Å². The van der Waals surface area contributed by atoms with Gasteiger partial charge in [0.25, 0.3) is 11.8 Å². The molecule has 2 atom stereocenters. The maximum atomic E-state index is 13.1. The Kier molecular flexibility index (Phi) is 6.31. The topological polar surface area (TPSA) is 66.8 Å². The smallest absolute Gasteiger partial charge is 0.261 e. The van der Waals surface area contributed by atoms with Crippen molar-refractivity contribution in [2.75, 3.05) is 6.61 Å². The summed E-state index contributed by atoms with van der Waals surface area (Å²) < 4.78 is 6.22. The zero-order chi connectivity index (χ0) is 22.1. The number of hydrogen-bond acceptors (Lipinski definition) is 4. The third kappa shape index (κ3) is 4.41. The van der Waals surface area contributed by atoms with Gasteiger partial charge in [-0.1, -0.05) is 63.2 Å². The first-order valence-electron chi connectivity index (χ1n) is 10.4. The molecule has 0 saturated carbocycles. The molecule has 0 spiro atoms. The summed E-state index contributed by atoms with van der Waals surface area (Å²) in [5, 5.41) is 11.1. The molecule has 0 fully saturated rings. The Balaban J connectivity index is 1.88. The largest absolute Gasteiger partial charge is 0.414 e. The minimum atomic E-state index is -2.09. The number of hydrogen-bond donors (Lipinski definition) is 1. The molecule has 1 aliphatic heterocycles. The molecule has 6 heteroatoms. The molecule has 0 aromatic heterocycles. The fraction of sp³-hybridized carbons (Fsp3) is 0.417. The molecule has 0 radical (unpaired) electrons. The number of rotatable bonds is 7. The first-order valence-corrected chi connectivity index (χ1v) is 13.3. The predicted octanol–water partition coefficient (Wildman–Crippen LogP) is 4.28. The summed E-state index contributed by atoms with van der Waals surface area (Å²) >= 11 is 0. The van der Waals surface area contributed by atoms with Crippen LogP contribution in [0.3, 0.4) is 0 Å². The second-order valence-corrected chi connectivity index (χ2v) is 14.2. The van der Waals surface area contributed by atoms with Crippen LogP contribution in [0.15, 0.2) is 54.6 Å². The van der Waals surface area contributed by atoms with E-state index in [0.29, 0.717) is 17.5 Å². The van der Waals surface area contributed by atoms with E-state index in [1.54, 1.807) is 24.3 Å². The van der Waals surface area contributed by atoms with Crippen LogP contribution in [-0.4, -0.2) is 48.9 Å². The van der Waals surface area contributed by atoms with Crippen LogP contribution < -0.4 is 0 Å². The SMILES string of the molecule is CC(C)(C)[Si](C)(C)OC[C@@H](O)[C@H](Cc1ccccc1)N1C(=O)c2ccccc2C1=O. The lowest BCUT2D eigenvalue weighted by molar-refractivity contribution is 0.0168. The van der Waals surface area contributed by atoms with Crippen molar-refractivity contribution < 1.29 is 19.1 Å². The minimum Gasteiger partial charge on any atom is -0.414 e. The van der Waals surface area contributed by atoms with Gasteiger partial charge in [0.05, 0.1) is 29.9 Å². The summed E-state index contributed by atoms with van der Waals surface area (Å²) in [4.78, 5) is 27.4. The number of amides is 2. The molecule has 1 aliphatic rings.